The van der Waals surface area contributed by atoms with Crippen molar-refractivity contribution in [2.45, 2.75) is 94.9 Å². The fourth-order valence-corrected chi connectivity index (χ4v) is 6.20. The molecular weight excluding hydrogens is 452 g/mol. The molecule has 2 N–H and O–H groups in total. The molecule has 0 amide bonds. The van der Waals surface area contributed by atoms with Crippen LogP contribution >= 0.6 is 0 Å². The van der Waals surface area contributed by atoms with Crippen LogP contribution in [-0.2, 0) is 4.74 Å². The number of hydrogen-bond acceptors (Lipinski definition) is 6. The number of aromatic nitrogens is 3. The first-order valence-electron chi connectivity index (χ1n) is 12.9. The molecule has 3 atom stereocenters. The molecule has 0 radical (unpaired) electrons. The van der Waals surface area contributed by atoms with E-state index in [-0.39, 0.29) is 30.8 Å². The first-order valence-corrected chi connectivity index (χ1v) is 12.9. The Labute approximate surface area is 205 Å². The number of aliphatic hydroxyl groups excluding tert-OH is 1. The van der Waals surface area contributed by atoms with E-state index in [1.54, 1.807) is 7.11 Å². The van der Waals surface area contributed by atoms with E-state index in [4.69, 9.17) is 9.84 Å². The summed E-state index contributed by atoms with van der Waals surface area (Å²) in [5.74, 6) is -1.82. The number of aliphatic hydroxyl groups is 1. The van der Waals surface area contributed by atoms with Gasteiger partial charge in [-0.2, -0.15) is 0 Å². The summed E-state index contributed by atoms with van der Waals surface area (Å²) in [5, 5.41) is 18.2. The highest BCUT2D eigenvalue weighted by Crippen LogP contribution is 2.43. The van der Waals surface area contributed by atoms with E-state index in [1.807, 2.05) is 22.5 Å². The number of anilines is 1. The Morgan fingerprint density at radius 2 is 2.00 bits per heavy atom. The molecule has 0 spiro atoms. The summed E-state index contributed by atoms with van der Waals surface area (Å²) in [6, 6.07) is 2.50. The molecular formula is C26H37F2N5O2. The fraction of sp³-hybridized carbons (Fsp3) is 0.692. The third kappa shape index (κ3) is 5.22. The summed E-state index contributed by atoms with van der Waals surface area (Å²) in [6.45, 7) is 3.40. The van der Waals surface area contributed by atoms with E-state index in [1.165, 1.54) is 5.57 Å². The SMILES string of the molecule is COC[C@H](C)Nc1ncc2c(C3=C[C@H]4CC[C@@H](C3)N4CC(C)(F)F)cc(C3CCC(O)CC3)n2n1. The Bertz CT molecular complexity index is 1070. The second-order valence-electron chi connectivity index (χ2n) is 10.8. The maximum absolute atomic E-state index is 13.8. The lowest BCUT2D eigenvalue weighted by Crippen LogP contribution is -2.44. The van der Waals surface area contributed by atoms with Crippen molar-refractivity contribution in [3.8, 4) is 0 Å². The molecule has 0 unspecified atom stereocenters. The van der Waals surface area contributed by atoms with Gasteiger partial charge in [0.25, 0.3) is 5.92 Å². The molecule has 5 rings (SSSR count). The van der Waals surface area contributed by atoms with Crippen molar-refractivity contribution < 1.29 is 18.6 Å². The molecule has 1 saturated carbocycles. The lowest BCUT2D eigenvalue weighted by atomic mass is 9.85. The third-order valence-corrected chi connectivity index (χ3v) is 7.80. The van der Waals surface area contributed by atoms with Crippen LogP contribution < -0.4 is 5.32 Å². The average molecular weight is 490 g/mol. The second-order valence-corrected chi connectivity index (χ2v) is 10.8. The van der Waals surface area contributed by atoms with Crippen molar-refractivity contribution in [1.29, 1.82) is 0 Å². The van der Waals surface area contributed by atoms with Gasteiger partial charge in [-0.1, -0.05) is 6.08 Å². The molecule has 2 bridgehead atoms. The summed E-state index contributed by atoms with van der Waals surface area (Å²) in [6.07, 6.45) is 9.91. The molecule has 2 aromatic heterocycles. The van der Waals surface area contributed by atoms with Crippen LogP contribution in [0.4, 0.5) is 14.7 Å². The molecule has 7 nitrogen and oxygen atoms in total. The third-order valence-electron chi connectivity index (χ3n) is 7.80. The summed E-state index contributed by atoms with van der Waals surface area (Å²) in [5.41, 5.74) is 4.42. The predicted octanol–water partition coefficient (Wildman–Crippen LogP) is 4.47. The van der Waals surface area contributed by atoms with Crippen LogP contribution in [0, 0.1) is 0 Å². The van der Waals surface area contributed by atoms with Crippen LogP contribution in [0.1, 0.15) is 76.0 Å². The zero-order valence-electron chi connectivity index (χ0n) is 20.9. The Balaban J connectivity index is 1.50. The Morgan fingerprint density at radius 1 is 1.23 bits per heavy atom. The van der Waals surface area contributed by atoms with E-state index in [2.05, 4.69) is 22.4 Å². The van der Waals surface area contributed by atoms with Gasteiger partial charge in [0.15, 0.2) is 0 Å². The number of fused-ring (bicyclic) bond motifs is 3. The molecule has 0 aromatic carbocycles. The van der Waals surface area contributed by atoms with Crippen LogP contribution in [0.5, 0.6) is 0 Å². The van der Waals surface area contributed by atoms with Crippen molar-refractivity contribution >= 4 is 17.0 Å². The maximum atomic E-state index is 13.8. The Morgan fingerprint density at radius 3 is 2.69 bits per heavy atom. The van der Waals surface area contributed by atoms with Crippen LogP contribution in [0.2, 0.25) is 0 Å². The Kier molecular flexibility index (Phi) is 6.85. The van der Waals surface area contributed by atoms with Gasteiger partial charge in [-0.15, -0.1) is 5.10 Å². The van der Waals surface area contributed by atoms with Gasteiger partial charge >= 0.3 is 0 Å². The highest BCUT2D eigenvalue weighted by atomic mass is 19.3. The number of ether oxygens (including phenoxy) is 1. The quantitative estimate of drug-likeness (QED) is 0.570. The van der Waals surface area contributed by atoms with Crippen molar-refractivity contribution in [1.82, 2.24) is 19.5 Å². The summed E-state index contributed by atoms with van der Waals surface area (Å²) >= 11 is 0. The summed E-state index contributed by atoms with van der Waals surface area (Å²) < 4.78 is 34.9. The van der Waals surface area contributed by atoms with Gasteiger partial charge < -0.3 is 15.2 Å². The monoisotopic (exact) mass is 489 g/mol. The minimum absolute atomic E-state index is 0.0505. The standard InChI is InChI=1S/C26H37F2N5O2/c1-16(14-35-3)30-25-29-13-24-22(12-23(33(24)31-25)17-4-8-21(34)9-5-17)18-10-19-6-7-20(11-18)32(19)15-26(2,27)28/h10,12-13,16-17,19-21,34H,4-9,11,14-15H2,1-3H3,(H,30,31)/t16-,17?,19+,20-,21?/m0/s1. The normalized spacial score (nSPS) is 28.3. The van der Waals surface area contributed by atoms with Crippen molar-refractivity contribution in [2.24, 2.45) is 0 Å². The van der Waals surface area contributed by atoms with E-state index in [0.29, 0.717) is 18.5 Å². The number of halogens is 2. The molecule has 1 aliphatic carbocycles. The van der Waals surface area contributed by atoms with E-state index in [0.717, 1.165) is 68.6 Å². The van der Waals surface area contributed by atoms with E-state index in [9.17, 15) is 13.9 Å². The number of nitrogens with one attached hydrogen (secondary N) is 1. The molecule has 9 heteroatoms. The summed E-state index contributed by atoms with van der Waals surface area (Å²) in [4.78, 5) is 6.58. The van der Waals surface area contributed by atoms with Crippen LogP contribution in [-0.4, -0.2) is 75.0 Å². The molecule has 192 valence electrons. The number of nitrogens with zero attached hydrogens (tertiary/aromatic N) is 4. The van der Waals surface area contributed by atoms with Crippen LogP contribution in [0.15, 0.2) is 18.3 Å². The molecule has 2 aliphatic heterocycles. The van der Waals surface area contributed by atoms with Crippen molar-refractivity contribution in [2.75, 3.05) is 25.6 Å². The minimum atomic E-state index is -2.69. The maximum Gasteiger partial charge on any atom is 0.257 e. The van der Waals surface area contributed by atoms with Gasteiger partial charge in [-0.3, -0.25) is 4.90 Å². The number of hydrogen-bond donors (Lipinski definition) is 2. The highest BCUT2D eigenvalue weighted by molar-refractivity contribution is 5.80. The molecule has 1 saturated heterocycles. The lowest BCUT2D eigenvalue weighted by molar-refractivity contribution is -0.0245. The van der Waals surface area contributed by atoms with Gasteiger partial charge in [-0.25, -0.2) is 18.3 Å². The largest absolute Gasteiger partial charge is 0.393 e. The average Bonchev–Trinajstić information content (AvgIpc) is 3.25. The van der Waals surface area contributed by atoms with E-state index < -0.39 is 5.92 Å². The van der Waals surface area contributed by atoms with Crippen molar-refractivity contribution in [3.05, 3.63) is 29.6 Å². The zero-order chi connectivity index (χ0) is 24.7. The first kappa shape index (κ1) is 24.6. The Hall–Kier alpha value is -2.10. The lowest BCUT2D eigenvalue weighted by Gasteiger charge is -2.35. The first-order chi connectivity index (χ1) is 16.7. The zero-order valence-corrected chi connectivity index (χ0v) is 20.9. The summed E-state index contributed by atoms with van der Waals surface area (Å²) in [7, 11) is 1.67. The second kappa shape index (κ2) is 9.75. The van der Waals surface area contributed by atoms with Gasteiger partial charge in [0.2, 0.25) is 5.95 Å². The topological polar surface area (TPSA) is 74.9 Å². The van der Waals surface area contributed by atoms with Gasteiger partial charge in [0.1, 0.15) is 0 Å². The molecule has 4 heterocycles. The van der Waals surface area contributed by atoms with Gasteiger partial charge in [0.05, 0.1) is 31.0 Å². The molecule has 2 fully saturated rings. The minimum Gasteiger partial charge on any atom is -0.393 e. The highest BCUT2D eigenvalue weighted by Gasteiger charge is 2.41. The molecule has 2 aromatic rings. The number of rotatable bonds is 8. The van der Waals surface area contributed by atoms with Crippen LogP contribution in [0.3, 0.4) is 0 Å². The van der Waals surface area contributed by atoms with Crippen LogP contribution in [0.25, 0.3) is 11.1 Å². The number of alkyl halides is 2. The number of methoxy groups -OCH3 is 1. The van der Waals surface area contributed by atoms with E-state index >= 15 is 0 Å². The van der Waals surface area contributed by atoms with Crippen molar-refractivity contribution in [3.63, 3.8) is 0 Å². The fourth-order valence-electron chi connectivity index (χ4n) is 6.20. The molecule has 35 heavy (non-hydrogen) atoms. The van der Waals surface area contributed by atoms with Gasteiger partial charge in [0, 0.05) is 49.3 Å². The van der Waals surface area contributed by atoms with Gasteiger partial charge in [-0.05, 0) is 63.5 Å². The predicted molar refractivity (Wildman–Crippen MR) is 132 cm³/mol. The smallest absolute Gasteiger partial charge is 0.257 e. The molecule has 3 aliphatic rings.